The molecule has 1 amide bonds. The number of carboxylic acid groups (broad SMARTS) is 1. The Morgan fingerprint density at radius 3 is 2.35 bits per heavy atom. The fourth-order valence-corrected chi connectivity index (χ4v) is 2.60. The van der Waals surface area contributed by atoms with E-state index in [1.54, 1.807) is 32.9 Å². The number of carbonyl (C=O) groups excluding carboxylic acids is 2. The molecule has 2 aliphatic rings. The minimum absolute atomic E-state index is 0.0674. The number of carbonyl (C=O) groups is 3. The lowest BCUT2D eigenvalue weighted by atomic mass is 9.83. The van der Waals surface area contributed by atoms with Crippen molar-refractivity contribution in [3.63, 3.8) is 0 Å². The van der Waals surface area contributed by atoms with Gasteiger partial charge in [-0.3, -0.25) is 9.59 Å². The maximum absolute atomic E-state index is 12.1. The molecular weight excluding hydrogens is 306 g/mol. The summed E-state index contributed by atoms with van der Waals surface area (Å²) in [4.78, 5) is 34.8. The lowest BCUT2D eigenvalue weighted by Gasteiger charge is -2.21. The average Bonchev–Trinajstić information content (AvgIpc) is 3.01. The van der Waals surface area contributed by atoms with Crippen molar-refractivity contribution in [3.8, 4) is 0 Å². The minimum Gasteiger partial charge on any atom is -0.481 e. The summed E-state index contributed by atoms with van der Waals surface area (Å²) >= 11 is 0. The minimum atomic E-state index is -1.09. The fourth-order valence-electron chi connectivity index (χ4n) is 2.60. The van der Waals surface area contributed by atoms with Crippen LogP contribution in [0.15, 0.2) is 12.2 Å². The Balaban J connectivity index is 1.76. The molecule has 0 aromatic carbocycles. The van der Waals surface area contributed by atoms with Crippen LogP contribution in [0.5, 0.6) is 0 Å². The number of aliphatic carboxylic acids is 1. The van der Waals surface area contributed by atoms with Gasteiger partial charge in [0.1, 0.15) is 24.0 Å². The molecule has 0 aromatic heterocycles. The van der Waals surface area contributed by atoms with E-state index in [-0.39, 0.29) is 13.2 Å². The van der Waals surface area contributed by atoms with Gasteiger partial charge in [-0.1, -0.05) is 12.2 Å². The highest BCUT2D eigenvalue weighted by Gasteiger charge is 2.54. The normalized spacial score (nSPS) is 28.5. The van der Waals surface area contributed by atoms with Crippen molar-refractivity contribution in [2.75, 3.05) is 13.2 Å². The quantitative estimate of drug-likeness (QED) is 0.434. The molecule has 2 bridgehead atoms. The van der Waals surface area contributed by atoms with Gasteiger partial charge in [0.25, 0.3) is 0 Å². The van der Waals surface area contributed by atoms with E-state index < -0.39 is 47.7 Å². The molecule has 2 aliphatic heterocycles. The number of carboxylic acids is 1. The third kappa shape index (κ3) is 4.22. The molecule has 2 rings (SSSR count). The first-order valence-corrected chi connectivity index (χ1v) is 7.39. The third-order valence-electron chi connectivity index (χ3n) is 3.47. The molecular formula is C15H21NO7. The summed E-state index contributed by atoms with van der Waals surface area (Å²) in [5.41, 5.74) is -0.609. The van der Waals surface area contributed by atoms with Crippen molar-refractivity contribution in [1.29, 1.82) is 0 Å². The first-order valence-electron chi connectivity index (χ1n) is 7.39. The zero-order chi connectivity index (χ0) is 17.2. The second kappa shape index (κ2) is 6.57. The van der Waals surface area contributed by atoms with Crippen LogP contribution >= 0.6 is 0 Å². The summed E-state index contributed by atoms with van der Waals surface area (Å²) in [6, 6.07) is 0. The van der Waals surface area contributed by atoms with Crippen molar-refractivity contribution in [3.05, 3.63) is 12.2 Å². The van der Waals surface area contributed by atoms with Gasteiger partial charge in [-0.05, 0) is 20.8 Å². The molecule has 0 spiro atoms. The highest BCUT2D eigenvalue weighted by Crippen LogP contribution is 2.39. The smallest absolute Gasteiger partial charge is 0.407 e. The van der Waals surface area contributed by atoms with Gasteiger partial charge in [0.05, 0.1) is 18.8 Å². The standard InChI is InChI=1S/C15H21NO7/c1-15(2,3)23-14(20)16-6-7-21-13(19)11-9-5-4-8(22-9)10(11)12(17)18/h4-5,8-11H,6-7H2,1-3H3,(H,16,20)(H,17,18)/t8?,9?,10-,11+/m0/s1. The molecule has 128 valence electrons. The number of amides is 1. The highest BCUT2D eigenvalue weighted by molar-refractivity contribution is 5.84. The van der Waals surface area contributed by atoms with Gasteiger partial charge < -0.3 is 24.6 Å². The summed E-state index contributed by atoms with van der Waals surface area (Å²) in [5, 5.41) is 11.7. The summed E-state index contributed by atoms with van der Waals surface area (Å²) in [5.74, 6) is -3.52. The molecule has 8 nitrogen and oxygen atoms in total. The Hall–Kier alpha value is -2.09. The van der Waals surface area contributed by atoms with Crippen LogP contribution in [0.25, 0.3) is 0 Å². The van der Waals surface area contributed by atoms with E-state index in [1.165, 1.54) is 0 Å². The number of ether oxygens (including phenoxy) is 3. The lowest BCUT2D eigenvalue weighted by molar-refractivity contribution is -0.156. The van der Waals surface area contributed by atoms with Crippen molar-refractivity contribution in [2.24, 2.45) is 11.8 Å². The van der Waals surface area contributed by atoms with Crippen LogP contribution in [-0.2, 0) is 23.8 Å². The summed E-state index contributed by atoms with van der Waals surface area (Å²) in [6.07, 6.45) is 1.57. The van der Waals surface area contributed by atoms with Crippen molar-refractivity contribution in [1.82, 2.24) is 5.32 Å². The number of hydrogen-bond acceptors (Lipinski definition) is 6. The van der Waals surface area contributed by atoms with Crippen molar-refractivity contribution < 1.29 is 33.7 Å². The van der Waals surface area contributed by atoms with Gasteiger partial charge in [0, 0.05) is 0 Å². The molecule has 1 saturated heterocycles. The van der Waals surface area contributed by atoms with Crippen LogP contribution in [0.1, 0.15) is 20.8 Å². The maximum Gasteiger partial charge on any atom is 0.407 e. The number of fused-ring (bicyclic) bond motifs is 2. The Morgan fingerprint density at radius 2 is 1.78 bits per heavy atom. The lowest BCUT2D eigenvalue weighted by Crippen LogP contribution is -2.39. The van der Waals surface area contributed by atoms with Crippen LogP contribution in [0.3, 0.4) is 0 Å². The van der Waals surface area contributed by atoms with Crippen molar-refractivity contribution in [2.45, 2.75) is 38.6 Å². The van der Waals surface area contributed by atoms with Gasteiger partial charge in [-0.15, -0.1) is 0 Å². The topological polar surface area (TPSA) is 111 Å². The van der Waals surface area contributed by atoms with Crippen LogP contribution < -0.4 is 5.32 Å². The van der Waals surface area contributed by atoms with E-state index in [1.807, 2.05) is 0 Å². The Kier molecular flexibility index (Phi) is 4.93. The molecule has 0 aromatic rings. The zero-order valence-electron chi connectivity index (χ0n) is 13.3. The van der Waals surface area contributed by atoms with Crippen LogP contribution in [-0.4, -0.2) is 54.1 Å². The fraction of sp³-hybridized carbons (Fsp3) is 0.667. The van der Waals surface area contributed by atoms with Crippen molar-refractivity contribution >= 4 is 18.0 Å². The molecule has 0 aliphatic carbocycles. The molecule has 0 saturated carbocycles. The average molecular weight is 327 g/mol. The largest absolute Gasteiger partial charge is 0.481 e. The van der Waals surface area contributed by atoms with Gasteiger partial charge >= 0.3 is 18.0 Å². The first-order chi connectivity index (χ1) is 10.7. The Bertz CT molecular complexity index is 522. The van der Waals surface area contributed by atoms with Gasteiger partial charge in [0.15, 0.2) is 0 Å². The molecule has 8 heteroatoms. The van der Waals surface area contributed by atoms with E-state index in [0.29, 0.717) is 0 Å². The molecule has 1 fully saturated rings. The zero-order valence-corrected chi connectivity index (χ0v) is 13.3. The highest BCUT2D eigenvalue weighted by atomic mass is 16.6. The number of nitrogens with one attached hydrogen (secondary N) is 1. The van der Waals surface area contributed by atoms with Crippen LogP contribution in [0.4, 0.5) is 4.79 Å². The molecule has 4 atom stereocenters. The second-order valence-electron chi connectivity index (χ2n) is 6.44. The predicted octanol–water partition coefficient (Wildman–Crippen LogP) is 0.708. The second-order valence-corrected chi connectivity index (χ2v) is 6.44. The predicted molar refractivity (Wildman–Crippen MR) is 77.6 cm³/mol. The molecule has 2 unspecified atom stereocenters. The van der Waals surface area contributed by atoms with Gasteiger partial charge in [-0.2, -0.15) is 0 Å². The number of rotatable bonds is 5. The van der Waals surface area contributed by atoms with E-state index in [9.17, 15) is 19.5 Å². The van der Waals surface area contributed by atoms with Gasteiger partial charge in [-0.25, -0.2) is 4.79 Å². The van der Waals surface area contributed by atoms with E-state index in [4.69, 9.17) is 14.2 Å². The first kappa shape index (κ1) is 17.3. The van der Waals surface area contributed by atoms with Crippen LogP contribution in [0.2, 0.25) is 0 Å². The van der Waals surface area contributed by atoms with Crippen LogP contribution in [0, 0.1) is 11.8 Å². The maximum atomic E-state index is 12.1. The Morgan fingerprint density at radius 1 is 1.17 bits per heavy atom. The third-order valence-corrected chi connectivity index (χ3v) is 3.47. The van der Waals surface area contributed by atoms with E-state index in [2.05, 4.69) is 5.32 Å². The number of esters is 1. The number of hydrogen-bond donors (Lipinski definition) is 2. The summed E-state index contributed by atoms with van der Waals surface area (Å²) in [7, 11) is 0. The molecule has 2 N–H and O–H groups in total. The monoisotopic (exact) mass is 327 g/mol. The molecule has 0 radical (unpaired) electrons. The van der Waals surface area contributed by atoms with Gasteiger partial charge in [0.2, 0.25) is 0 Å². The van der Waals surface area contributed by atoms with E-state index >= 15 is 0 Å². The summed E-state index contributed by atoms with van der Waals surface area (Å²) < 4.78 is 15.5. The number of alkyl carbamates (subject to hydrolysis) is 1. The van der Waals surface area contributed by atoms with E-state index in [0.717, 1.165) is 0 Å². The summed E-state index contributed by atoms with van der Waals surface area (Å²) in [6.45, 7) is 5.22. The molecule has 2 heterocycles. The molecule has 23 heavy (non-hydrogen) atoms. The SMILES string of the molecule is CC(C)(C)OC(=O)NCCOC(=O)[C@@H]1C2C=CC(O2)[C@@H]1C(=O)O. The Labute approximate surface area is 133 Å².